The van der Waals surface area contributed by atoms with Crippen molar-refractivity contribution >= 4 is 41.2 Å². The molecule has 1 unspecified atom stereocenters. The quantitative estimate of drug-likeness (QED) is 0.687. The molecular weight excluding hydrogens is 289 g/mol. The van der Waals surface area contributed by atoms with Crippen LogP contribution in [0.2, 0.25) is 10.0 Å². The van der Waals surface area contributed by atoms with Crippen LogP contribution in [-0.2, 0) is 14.3 Å². The van der Waals surface area contributed by atoms with Gasteiger partial charge in [0.2, 0.25) is 5.91 Å². The van der Waals surface area contributed by atoms with E-state index >= 15 is 0 Å². The minimum Gasteiger partial charge on any atom is -0.467 e. The molecule has 0 aromatic heterocycles. The Balaban J connectivity index is 2.68. The van der Waals surface area contributed by atoms with Crippen LogP contribution in [0.15, 0.2) is 24.3 Å². The van der Waals surface area contributed by atoms with E-state index in [1.165, 1.54) is 26.2 Å². The average Bonchev–Trinajstić information content (AvgIpc) is 2.38. The number of esters is 1. The maximum Gasteiger partial charge on any atom is 0.328 e. The lowest BCUT2D eigenvalue weighted by Gasteiger charge is -2.09. The minimum absolute atomic E-state index is 0.422. The van der Waals surface area contributed by atoms with Crippen molar-refractivity contribution in [3.8, 4) is 0 Å². The second-order valence-electron chi connectivity index (χ2n) is 3.75. The van der Waals surface area contributed by atoms with Crippen LogP contribution in [-0.4, -0.2) is 25.0 Å². The Bertz CT molecular complexity index is 515. The zero-order valence-corrected chi connectivity index (χ0v) is 12.0. The van der Waals surface area contributed by atoms with Gasteiger partial charge in [-0.25, -0.2) is 4.79 Å². The summed E-state index contributed by atoms with van der Waals surface area (Å²) in [6.07, 6.45) is 2.80. The fraction of sp³-hybridized carbons (Fsp3) is 0.231. The Labute approximate surface area is 121 Å². The van der Waals surface area contributed by atoms with Gasteiger partial charge in [-0.2, -0.15) is 0 Å². The number of methoxy groups -OCH3 is 1. The third kappa shape index (κ3) is 4.93. The first-order chi connectivity index (χ1) is 8.93. The van der Waals surface area contributed by atoms with Crippen LogP contribution in [0.1, 0.15) is 12.5 Å². The average molecular weight is 302 g/mol. The second kappa shape index (κ2) is 7.16. The number of carbonyl (C=O) groups is 2. The molecule has 1 N–H and O–H groups in total. The fourth-order valence-corrected chi connectivity index (χ4v) is 1.67. The largest absolute Gasteiger partial charge is 0.467 e. The molecule has 0 aliphatic heterocycles. The number of amides is 1. The summed E-state index contributed by atoms with van der Waals surface area (Å²) in [6.45, 7) is 1.53. The van der Waals surface area contributed by atoms with Gasteiger partial charge in [0.15, 0.2) is 0 Å². The van der Waals surface area contributed by atoms with Gasteiger partial charge in [0, 0.05) is 16.1 Å². The third-order valence-corrected chi connectivity index (χ3v) is 2.87. The molecule has 1 aromatic carbocycles. The molecule has 1 aromatic rings. The van der Waals surface area contributed by atoms with Gasteiger partial charge in [-0.1, -0.05) is 23.2 Å². The predicted octanol–water partition coefficient (Wildman–Crippen LogP) is 2.68. The molecule has 102 valence electrons. The van der Waals surface area contributed by atoms with Crippen LogP contribution in [0.3, 0.4) is 0 Å². The van der Waals surface area contributed by atoms with E-state index in [0.717, 1.165) is 0 Å². The Hall–Kier alpha value is -1.52. The maximum atomic E-state index is 11.6. The number of hydrogen-bond donors (Lipinski definition) is 1. The van der Waals surface area contributed by atoms with E-state index in [1.54, 1.807) is 18.2 Å². The van der Waals surface area contributed by atoms with E-state index < -0.39 is 17.9 Å². The minimum atomic E-state index is -0.711. The molecule has 4 nitrogen and oxygen atoms in total. The molecule has 0 fully saturated rings. The molecule has 1 atom stereocenters. The van der Waals surface area contributed by atoms with Crippen molar-refractivity contribution in [2.24, 2.45) is 0 Å². The number of benzene rings is 1. The summed E-state index contributed by atoms with van der Waals surface area (Å²) in [5.74, 6) is -0.934. The monoisotopic (exact) mass is 301 g/mol. The van der Waals surface area contributed by atoms with Crippen LogP contribution in [0.25, 0.3) is 6.08 Å². The molecule has 0 bridgehead atoms. The van der Waals surface area contributed by atoms with Crippen LogP contribution >= 0.6 is 23.2 Å². The van der Waals surface area contributed by atoms with Crippen molar-refractivity contribution in [2.75, 3.05) is 7.11 Å². The zero-order chi connectivity index (χ0) is 14.4. The number of halogens is 2. The Kier molecular flexibility index (Phi) is 5.86. The summed E-state index contributed by atoms with van der Waals surface area (Å²) in [5.41, 5.74) is 0.620. The van der Waals surface area contributed by atoms with Gasteiger partial charge in [-0.15, -0.1) is 0 Å². The Morgan fingerprint density at radius 3 is 2.68 bits per heavy atom. The molecule has 1 rings (SSSR count). The summed E-state index contributed by atoms with van der Waals surface area (Å²) in [5, 5.41) is 3.46. The van der Waals surface area contributed by atoms with Crippen molar-refractivity contribution in [2.45, 2.75) is 13.0 Å². The smallest absolute Gasteiger partial charge is 0.328 e. The van der Waals surface area contributed by atoms with Gasteiger partial charge >= 0.3 is 5.97 Å². The summed E-state index contributed by atoms with van der Waals surface area (Å²) in [6, 6.07) is 4.22. The van der Waals surface area contributed by atoms with Gasteiger partial charge < -0.3 is 10.1 Å². The van der Waals surface area contributed by atoms with Crippen molar-refractivity contribution in [1.29, 1.82) is 0 Å². The van der Waals surface area contributed by atoms with E-state index in [1.807, 2.05) is 0 Å². The molecule has 0 heterocycles. The van der Waals surface area contributed by atoms with E-state index in [4.69, 9.17) is 23.2 Å². The van der Waals surface area contributed by atoms with Gasteiger partial charge in [0.1, 0.15) is 6.04 Å². The first kappa shape index (κ1) is 15.5. The lowest BCUT2D eigenvalue weighted by atomic mass is 10.2. The van der Waals surface area contributed by atoms with Gasteiger partial charge in [-0.05, 0) is 36.8 Å². The Morgan fingerprint density at radius 1 is 1.37 bits per heavy atom. The molecule has 0 radical (unpaired) electrons. The number of ether oxygens (including phenoxy) is 1. The first-order valence-corrected chi connectivity index (χ1v) is 6.21. The lowest BCUT2D eigenvalue weighted by molar-refractivity contribution is -0.144. The summed E-state index contributed by atoms with van der Waals surface area (Å²) in [7, 11) is 1.26. The highest BCUT2D eigenvalue weighted by Gasteiger charge is 2.13. The first-order valence-electron chi connectivity index (χ1n) is 5.45. The van der Waals surface area contributed by atoms with Crippen LogP contribution in [0, 0.1) is 0 Å². The molecule has 0 saturated heterocycles. The topological polar surface area (TPSA) is 55.4 Å². The van der Waals surface area contributed by atoms with Crippen molar-refractivity contribution in [3.05, 3.63) is 39.9 Å². The molecule has 6 heteroatoms. The van der Waals surface area contributed by atoms with E-state index in [-0.39, 0.29) is 0 Å². The number of hydrogen-bond acceptors (Lipinski definition) is 3. The van der Waals surface area contributed by atoms with E-state index in [9.17, 15) is 9.59 Å². The molecule has 0 aliphatic carbocycles. The summed E-state index contributed by atoms with van der Waals surface area (Å²) >= 11 is 11.8. The predicted molar refractivity (Wildman–Crippen MR) is 75.1 cm³/mol. The molecular formula is C13H13Cl2NO3. The highest BCUT2D eigenvalue weighted by molar-refractivity contribution is 6.34. The second-order valence-corrected chi connectivity index (χ2v) is 4.60. The number of rotatable bonds is 4. The van der Waals surface area contributed by atoms with Gasteiger partial charge in [-0.3, -0.25) is 4.79 Å². The molecule has 19 heavy (non-hydrogen) atoms. The molecule has 1 amide bonds. The van der Waals surface area contributed by atoms with E-state index in [0.29, 0.717) is 15.6 Å². The van der Waals surface area contributed by atoms with Crippen molar-refractivity contribution in [1.82, 2.24) is 5.32 Å². The zero-order valence-electron chi connectivity index (χ0n) is 10.4. The third-order valence-electron chi connectivity index (χ3n) is 2.29. The summed E-state index contributed by atoms with van der Waals surface area (Å²) < 4.78 is 4.49. The Morgan fingerprint density at radius 2 is 2.05 bits per heavy atom. The normalized spacial score (nSPS) is 12.2. The lowest BCUT2D eigenvalue weighted by Crippen LogP contribution is -2.38. The van der Waals surface area contributed by atoms with Crippen LogP contribution in [0.5, 0.6) is 0 Å². The SMILES string of the molecule is COC(=O)C(C)NC(=O)C=Cc1cc(Cl)ccc1Cl. The molecule has 0 spiro atoms. The molecule has 0 saturated carbocycles. The maximum absolute atomic E-state index is 11.6. The van der Waals surface area contributed by atoms with Crippen molar-refractivity contribution < 1.29 is 14.3 Å². The molecule has 0 aliphatic rings. The standard InChI is InChI=1S/C13H13Cl2NO3/c1-8(13(18)19-2)16-12(17)6-3-9-7-10(14)4-5-11(9)15/h3-8H,1-2H3,(H,16,17). The van der Waals surface area contributed by atoms with Crippen LogP contribution in [0.4, 0.5) is 0 Å². The van der Waals surface area contributed by atoms with Gasteiger partial charge in [0.25, 0.3) is 0 Å². The highest BCUT2D eigenvalue weighted by Crippen LogP contribution is 2.21. The van der Waals surface area contributed by atoms with Crippen LogP contribution < -0.4 is 5.32 Å². The number of nitrogens with one attached hydrogen (secondary N) is 1. The number of carbonyl (C=O) groups excluding carboxylic acids is 2. The highest BCUT2D eigenvalue weighted by atomic mass is 35.5. The van der Waals surface area contributed by atoms with E-state index in [2.05, 4.69) is 10.1 Å². The fourth-order valence-electron chi connectivity index (χ4n) is 1.30. The summed E-state index contributed by atoms with van der Waals surface area (Å²) in [4.78, 5) is 22.7. The van der Waals surface area contributed by atoms with Crippen molar-refractivity contribution in [3.63, 3.8) is 0 Å². The van der Waals surface area contributed by atoms with Gasteiger partial charge in [0.05, 0.1) is 7.11 Å².